The van der Waals surface area contributed by atoms with Crippen molar-refractivity contribution >= 4 is 0 Å². The number of ether oxygens (including phenoxy) is 3. The van der Waals surface area contributed by atoms with Gasteiger partial charge < -0.3 is 34.6 Å². The second-order valence-corrected chi connectivity index (χ2v) is 25.7. The SMILES string of the molecule is OCC(O)COc1ccc(-c2ccc(OCC(O)CO)c(OCC(CCCCCCCCCCCC(F)(F)C(F)(F)C(F)(F)C(F)(F)C(F)(F)C(F)(F)C(F)(F)C(F)(F)C(F)(F)C(F)(F)F)CCCCCCCCCCCC(F)(F)C(F)(F)C(F)(F)C(F)(F)C(F)(F)C(F)(F)C(F)(F)C(F)(F)C(F)(F)C(F)(F)F)c2)cc1. The van der Waals surface area contributed by atoms with E-state index in [0.29, 0.717) is 62.5 Å². The molecule has 0 spiro atoms. The van der Waals surface area contributed by atoms with Crippen molar-refractivity contribution in [3.05, 3.63) is 42.5 Å². The lowest BCUT2D eigenvalue weighted by Gasteiger charge is -2.44. The summed E-state index contributed by atoms with van der Waals surface area (Å²) in [5.41, 5.74) is 1.02. The largest absolute Gasteiger partial charge is 0.491 e. The average Bonchev–Trinajstić information content (AvgIpc) is 0.691. The summed E-state index contributed by atoms with van der Waals surface area (Å²) >= 11 is 0. The molecule has 0 fully saturated rings. The van der Waals surface area contributed by atoms with Gasteiger partial charge in [0.05, 0.1) is 19.8 Å². The molecule has 0 aliphatic heterocycles. The summed E-state index contributed by atoms with van der Waals surface area (Å²) in [5.74, 6) is -156. The molecule has 0 aliphatic rings. The fourth-order valence-electron chi connectivity index (χ4n) is 10.2. The summed E-state index contributed by atoms with van der Waals surface area (Å²) in [6, 6.07) is 10.7. The molecule has 2 rings (SSSR count). The van der Waals surface area contributed by atoms with Crippen molar-refractivity contribution in [3.63, 3.8) is 0 Å². The van der Waals surface area contributed by atoms with Crippen LogP contribution >= 0.6 is 0 Å². The van der Waals surface area contributed by atoms with Crippen LogP contribution in [0, 0.1) is 5.92 Å². The molecular weight excluding hydrogens is 1650 g/mol. The van der Waals surface area contributed by atoms with E-state index in [1.807, 2.05) is 0 Å². The number of unbranched alkanes of at least 4 members (excludes halogenated alkanes) is 16. The predicted octanol–water partition coefficient (Wildman–Crippen LogP) is 23.0. The van der Waals surface area contributed by atoms with Gasteiger partial charge in [-0.05, 0) is 67.0 Å². The van der Waals surface area contributed by atoms with Crippen LogP contribution in [0.3, 0.4) is 0 Å². The van der Waals surface area contributed by atoms with Gasteiger partial charge >= 0.3 is 119 Å². The maximum absolute atomic E-state index is 14.5. The van der Waals surface area contributed by atoms with Crippen molar-refractivity contribution in [2.45, 2.75) is 272 Å². The van der Waals surface area contributed by atoms with E-state index in [-0.39, 0.29) is 87.7 Å². The maximum atomic E-state index is 14.5. The Morgan fingerprint density at radius 3 is 0.757 bits per heavy atom. The van der Waals surface area contributed by atoms with E-state index in [9.17, 15) is 200 Å². The lowest BCUT2D eigenvalue weighted by molar-refractivity contribution is -0.474. The Kier molecular flexibility index (Phi) is 33.5. The van der Waals surface area contributed by atoms with Crippen LogP contribution in [0.25, 0.3) is 11.1 Å². The first-order valence-corrected chi connectivity index (χ1v) is 32.4. The van der Waals surface area contributed by atoms with Crippen LogP contribution in [0.15, 0.2) is 42.5 Å². The van der Waals surface area contributed by atoms with Crippen LogP contribution in [0.4, 0.5) is 184 Å². The number of rotatable bonds is 52. The highest BCUT2D eigenvalue weighted by molar-refractivity contribution is 5.68. The van der Waals surface area contributed by atoms with E-state index in [2.05, 4.69) is 0 Å². The molecule has 0 bridgehead atoms. The molecule has 49 heteroatoms. The van der Waals surface area contributed by atoms with E-state index in [0.717, 1.165) is 0 Å². The minimum absolute atomic E-state index is 0.0245. The zero-order valence-electron chi connectivity index (χ0n) is 56.3. The first-order valence-electron chi connectivity index (χ1n) is 32.4. The number of hydrogen-bond acceptors (Lipinski definition) is 7. The van der Waals surface area contributed by atoms with Crippen molar-refractivity contribution in [1.82, 2.24) is 0 Å². The highest BCUT2D eigenvalue weighted by Gasteiger charge is 3.00. The van der Waals surface area contributed by atoms with Crippen LogP contribution in [-0.2, 0) is 0 Å². The number of benzene rings is 2. The van der Waals surface area contributed by atoms with E-state index >= 15 is 0 Å². The average molecular weight is 1720 g/mol. The topological polar surface area (TPSA) is 109 Å². The Balaban J connectivity index is 2.18. The molecule has 0 saturated carbocycles. The summed E-state index contributed by atoms with van der Waals surface area (Å²) in [6.07, 6.45) is -25.5. The molecule has 7 nitrogen and oxygen atoms in total. The molecule has 0 radical (unpaired) electrons. The molecule has 0 heterocycles. The van der Waals surface area contributed by atoms with Crippen molar-refractivity contribution < 1.29 is 219 Å². The number of aliphatic hydroxyl groups is 4. The number of aliphatic hydroxyl groups excluding tert-OH is 4. The second-order valence-electron chi connectivity index (χ2n) is 25.7. The zero-order chi connectivity index (χ0) is 86.8. The first kappa shape index (κ1) is 102. The maximum Gasteiger partial charge on any atom is 0.460 e. The van der Waals surface area contributed by atoms with Gasteiger partial charge in [0.2, 0.25) is 0 Å². The Morgan fingerprint density at radius 1 is 0.243 bits per heavy atom. The van der Waals surface area contributed by atoms with Crippen molar-refractivity contribution in [3.8, 4) is 28.4 Å². The van der Waals surface area contributed by atoms with Gasteiger partial charge in [-0.25, -0.2) is 0 Å². The third kappa shape index (κ3) is 20.4. The molecule has 2 atom stereocenters. The molecule has 652 valence electrons. The molecule has 0 aliphatic carbocycles. The third-order valence-electron chi connectivity index (χ3n) is 17.3. The molecule has 0 saturated heterocycles. The Morgan fingerprint density at radius 2 is 0.477 bits per heavy atom. The Labute approximate surface area is 600 Å². The minimum Gasteiger partial charge on any atom is -0.491 e. The van der Waals surface area contributed by atoms with E-state index in [1.54, 1.807) is 18.2 Å². The highest BCUT2D eigenvalue weighted by atomic mass is 19.5. The molecule has 111 heavy (non-hydrogen) atoms. The first-order chi connectivity index (χ1) is 49.8. The summed E-state index contributed by atoms with van der Waals surface area (Å²) in [4.78, 5) is 0. The standard InChI is InChI=1S/C62H68F42O7/c63-43(64,45(67,68)47(71,72)49(75,76)51(79,80)53(83,84)55(87,88)57(91,92)59(95,96)61(99,100)101)27-17-13-9-5-1-3-7-11-15-19-35(32-110-42-29-37(23-26-41(42)111-34-39(108)31-106)36-21-24-40(25-22-36)109-33-38(107)30-105)20-16-12-8-4-2-6-10-14-18-28-44(65,66)46(69,70)48(73,74)50(77,78)52(81,82)54(85,86)56(89,90)58(93,94)60(97,98)62(102,103)104/h21-26,29,35,38-39,105-108H,1-20,27-28,30-34H2. The van der Waals surface area contributed by atoms with E-state index in [1.165, 1.54) is 24.3 Å². The highest BCUT2D eigenvalue weighted by Crippen LogP contribution is 2.69. The Hall–Kier alpha value is -5.26. The van der Waals surface area contributed by atoms with Gasteiger partial charge in [-0.1, -0.05) is 121 Å². The number of hydrogen-bond donors (Lipinski definition) is 4. The van der Waals surface area contributed by atoms with Crippen LogP contribution in [-0.4, -0.2) is 185 Å². The minimum atomic E-state index is -9.30. The summed E-state index contributed by atoms with van der Waals surface area (Å²) < 4.78 is 596. The van der Waals surface area contributed by atoms with Crippen molar-refractivity contribution in [2.75, 3.05) is 33.0 Å². The quantitative estimate of drug-likeness (QED) is 0.0386. The van der Waals surface area contributed by atoms with Gasteiger partial charge in [0.25, 0.3) is 0 Å². The van der Waals surface area contributed by atoms with Crippen LogP contribution < -0.4 is 14.2 Å². The molecule has 0 amide bonds. The Bertz CT molecular complexity index is 3010. The number of alkyl halides is 42. The van der Waals surface area contributed by atoms with Gasteiger partial charge in [0.15, 0.2) is 11.5 Å². The smallest absolute Gasteiger partial charge is 0.460 e. The predicted molar refractivity (Wildman–Crippen MR) is 301 cm³/mol. The van der Waals surface area contributed by atoms with E-state index in [4.69, 9.17) is 19.3 Å². The van der Waals surface area contributed by atoms with Gasteiger partial charge in [0.1, 0.15) is 31.2 Å². The fourth-order valence-corrected chi connectivity index (χ4v) is 10.2. The zero-order valence-corrected chi connectivity index (χ0v) is 56.3. The molecule has 4 N–H and O–H groups in total. The molecule has 0 aromatic heterocycles. The second kappa shape index (κ2) is 36.5. The van der Waals surface area contributed by atoms with Crippen LogP contribution in [0.5, 0.6) is 17.2 Å². The summed E-state index contributed by atoms with van der Waals surface area (Å²) in [7, 11) is 0. The molecular formula is C62H68F42O7. The van der Waals surface area contributed by atoms with Gasteiger partial charge in [-0.2, -0.15) is 184 Å². The van der Waals surface area contributed by atoms with Gasteiger partial charge in [0, 0.05) is 12.8 Å². The van der Waals surface area contributed by atoms with Crippen molar-refractivity contribution in [2.24, 2.45) is 5.92 Å². The van der Waals surface area contributed by atoms with Gasteiger partial charge in [-0.3, -0.25) is 0 Å². The molecule has 2 aromatic rings. The van der Waals surface area contributed by atoms with Crippen LogP contribution in [0.2, 0.25) is 0 Å². The lowest BCUT2D eigenvalue weighted by atomic mass is 9.85. The van der Waals surface area contributed by atoms with Crippen LogP contribution in [0.1, 0.15) is 141 Å². The summed E-state index contributed by atoms with van der Waals surface area (Å²) in [5, 5.41) is 38.0. The number of halogens is 42. The third-order valence-corrected chi connectivity index (χ3v) is 17.3. The molecule has 2 unspecified atom stereocenters. The van der Waals surface area contributed by atoms with Gasteiger partial charge in [-0.15, -0.1) is 0 Å². The van der Waals surface area contributed by atoms with Crippen molar-refractivity contribution in [1.29, 1.82) is 0 Å². The monoisotopic (exact) mass is 1720 g/mol. The molecule has 2 aromatic carbocycles. The van der Waals surface area contributed by atoms with E-state index < -0.39 is 190 Å². The summed E-state index contributed by atoms with van der Waals surface area (Å²) in [6.45, 7) is -2.23. The lowest BCUT2D eigenvalue weighted by Crippen LogP contribution is -2.76. The normalized spacial score (nSPS) is 15.6. The fraction of sp³-hybridized carbons (Fsp3) is 0.806.